The normalized spacial score (nSPS) is 10.4. The molecular weight excluding hydrogens is 294 g/mol. The zero-order chi connectivity index (χ0) is 13.1. The third-order valence-electron chi connectivity index (χ3n) is 2.65. The van der Waals surface area contributed by atoms with E-state index in [1.165, 1.54) is 4.68 Å². The predicted molar refractivity (Wildman–Crippen MR) is 76.1 cm³/mol. The summed E-state index contributed by atoms with van der Waals surface area (Å²) >= 11 is 3.46. The van der Waals surface area contributed by atoms with Crippen LogP contribution in [0.25, 0.3) is 0 Å². The van der Waals surface area contributed by atoms with Gasteiger partial charge in [0.25, 0.3) is 5.56 Å². The molecule has 1 aromatic carbocycles. The second-order valence-electron chi connectivity index (χ2n) is 4.20. The number of benzene rings is 1. The number of rotatable bonds is 3. The van der Waals surface area contributed by atoms with Gasteiger partial charge in [0, 0.05) is 24.6 Å². The zero-order valence-electron chi connectivity index (χ0n) is 10.3. The molecule has 1 heterocycles. The van der Waals surface area contributed by atoms with Crippen molar-refractivity contribution in [2.45, 2.75) is 6.54 Å². The molecule has 18 heavy (non-hydrogen) atoms. The van der Waals surface area contributed by atoms with Crippen LogP contribution in [-0.4, -0.2) is 23.9 Å². The smallest absolute Gasteiger partial charge is 0.269 e. The molecular formula is C13H14BrN3O. The van der Waals surface area contributed by atoms with Crippen LogP contribution >= 0.6 is 15.9 Å². The van der Waals surface area contributed by atoms with Gasteiger partial charge in [-0.2, -0.15) is 5.10 Å². The van der Waals surface area contributed by atoms with Gasteiger partial charge in [0.15, 0.2) is 0 Å². The van der Waals surface area contributed by atoms with Crippen LogP contribution in [-0.2, 0) is 6.54 Å². The van der Waals surface area contributed by atoms with Crippen LogP contribution in [0.2, 0.25) is 0 Å². The minimum atomic E-state index is -0.100. The van der Waals surface area contributed by atoms with Gasteiger partial charge in [-0.05, 0) is 11.6 Å². The van der Waals surface area contributed by atoms with Crippen molar-refractivity contribution < 1.29 is 0 Å². The van der Waals surface area contributed by atoms with Gasteiger partial charge in [-0.15, -0.1) is 0 Å². The first kappa shape index (κ1) is 12.8. The van der Waals surface area contributed by atoms with E-state index < -0.39 is 0 Å². The topological polar surface area (TPSA) is 38.1 Å². The Balaban J connectivity index is 2.31. The summed E-state index contributed by atoms with van der Waals surface area (Å²) < 4.78 is 2.43. The van der Waals surface area contributed by atoms with Crippen LogP contribution in [0.4, 0.5) is 5.69 Å². The van der Waals surface area contributed by atoms with E-state index >= 15 is 0 Å². The van der Waals surface area contributed by atoms with Crippen molar-refractivity contribution in [2.24, 2.45) is 0 Å². The van der Waals surface area contributed by atoms with E-state index in [2.05, 4.69) is 21.0 Å². The van der Waals surface area contributed by atoms with Crippen molar-refractivity contribution in [3.63, 3.8) is 0 Å². The fourth-order valence-corrected chi connectivity index (χ4v) is 1.99. The molecule has 0 unspecified atom stereocenters. The second kappa shape index (κ2) is 5.35. The summed E-state index contributed by atoms with van der Waals surface area (Å²) in [6, 6.07) is 9.40. The number of halogens is 1. The zero-order valence-corrected chi connectivity index (χ0v) is 11.9. The molecule has 2 rings (SSSR count). The summed E-state index contributed by atoms with van der Waals surface area (Å²) in [6.45, 7) is 0.466. The number of anilines is 1. The number of hydrogen-bond acceptors (Lipinski definition) is 3. The maximum Gasteiger partial charge on any atom is 0.269 e. The standard InChI is InChI=1S/C13H14BrN3O/c1-16(2)11-7-13(18)17(15-8-11)9-10-5-3-4-6-12(10)14/h3-8H,9H2,1-2H3. The van der Waals surface area contributed by atoms with Crippen LogP contribution in [0.15, 0.2) is 45.8 Å². The maximum absolute atomic E-state index is 11.9. The number of hydrogen-bond donors (Lipinski definition) is 0. The van der Waals surface area contributed by atoms with Crippen molar-refractivity contribution in [1.82, 2.24) is 9.78 Å². The van der Waals surface area contributed by atoms with Gasteiger partial charge >= 0.3 is 0 Å². The van der Waals surface area contributed by atoms with E-state index in [4.69, 9.17) is 0 Å². The summed E-state index contributed by atoms with van der Waals surface area (Å²) in [5, 5.41) is 4.18. The highest BCUT2D eigenvalue weighted by Gasteiger charge is 2.04. The van der Waals surface area contributed by atoms with E-state index in [0.29, 0.717) is 6.54 Å². The van der Waals surface area contributed by atoms with E-state index in [1.807, 2.05) is 43.3 Å². The minimum absolute atomic E-state index is 0.100. The molecule has 0 radical (unpaired) electrons. The first-order valence-corrected chi connectivity index (χ1v) is 6.35. The lowest BCUT2D eigenvalue weighted by atomic mass is 10.2. The van der Waals surface area contributed by atoms with E-state index in [1.54, 1.807) is 12.3 Å². The van der Waals surface area contributed by atoms with Crippen molar-refractivity contribution in [2.75, 3.05) is 19.0 Å². The van der Waals surface area contributed by atoms with Crippen molar-refractivity contribution >= 4 is 21.6 Å². The largest absolute Gasteiger partial charge is 0.376 e. The summed E-state index contributed by atoms with van der Waals surface area (Å²) in [5.74, 6) is 0. The highest BCUT2D eigenvalue weighted by atomic mass is 79.9. The monoisotopic (exact) mass is 307 g/mol. The summed E-state index contributed by atoms with van der Waals surface area (Å²) in [7, 11) is 3.77. The van der Waals surface area contributed by atoms with Gasteiger partial charge in [0.05, 0.1) is 18.4 Å². The van der Waals surface area contributed by atoms with Crippen LogP contribution < -0.4 is 10.5 Å². The first-order chi connectivity index (χ1) is 8.58. The Hall–Kier alpha value is -1.62. The molecule has 1 aromatic heterocycles. The SMILES string of the molecule is CN(C)c1cnn(Cc2ccccc2Br)c(=O)c1. The van der Waals surface area contributed by atoms with Gasteiger partial charge in [-0.1, -0.05) is 34.1 Å². The first-order valence-electron chi connectivity index (χ1n) is 5.56. The van der Waals surface area contributed by atoms with E-state index in [-0.39, 0.29) is 5.56 Å². The molecule has 94 valence electrons. The Morgan fingerprint density at radius 1 is 1.33 bits per heavy atom. The molecule has 0 aliphatic heterocycles. The lowest BCUT2D eigenvalue weighted by Crippen LogP contribution is -2.24. The van der Waals surface area contributed by atoms with Crippen molar-refractivity contribution in [3.05, 3.63) is 56.9 Å². The molecule has 0 bridgehead atoms. The molecule has 0 aliphatic rings. The molecule has 0 saturated heterocycles. The van der Waals surface area contributed by atoms with E-state index in [9.17, 15) is 4.79 Å². The fourth-order valence-electron chi connectivity index (χ4n) is 1.58. The highest BCUT2D eigenvalue weighted by molar-refractivity contribution is 9.10. The second-order valence-corrected chi connectivity index (χ2v) is 5.05. The van der Waals surface area contributed by atoms with Gasteiger partial charge in [-0.25, -0.2) is 4.68 Å². The average Bonchev–Trinajstić information content (AvgIpc) is 2.34. The Morgan fingerprint density at radius 3 is 2.67 bits per heavy atom. The Kier molecular flexibility index (Phi) is 3.81. The van der Waals surface area contributed by atoms with Crippen LogP contribution in [0, 0.1) is 0 Å². The summed E-state index contributed by atoms with van der Waals surface area (Å²) in [6.07, 6.45) is 1.69. The van der Waals surface area contributed by atoms with Crippen molar-refractivity contribution in [1.29, 1.82) is 0 Å². The Labute approximate surface area is 114 Å². The fraction of sp³-hybridized carbons (Fsp3) is 0.231. The highest BCUT2D eigenvalue weighted by Crippen LogP contribution is 2.16. The maximum atomic E-state index is 11.9. The predicted octanol–water partition coefficient (Wildman–Crippen LogP) is 2.12. The van der Waals surface area contributed by atoms with E-state index in [0.717, 1.165) is 15.7 Å². The molecule has 2 aromatic rings. The third-order valence-corrected chi connectivity index (χ3v) is 3.42. The molecule has 0 aliphatic carbocycles. The summed E-state index contributed by atoms with van der Waals surface area (Å²) in [4.78, 5) is 13.8. The van der Waals surface area contributed by atoms with Gasteiger partial charge in [0.1, 0.15) is 0 Å². The Bertz CT molecular complexity index is 607. The van der Waals surface area contributed by atoms with Gasteiger partial charge in [0.2, 0.25) is 0 Å². The lowest BCUT2D eigenvalue weighted by Gasteiger charge is -2.12. The molecule has 0 spiro atoms. The number of aromatic nitrogens is 2. The Morgan fingerprint density at radius 2 is 2.06 bits per heavy atom. The van der Waals surface area contributed by atoms with Crippen LogP contribution in [0.1, 0.15) is 5.56 Å². The van der Waals surface area contributed by atoms with Gasteiger partial charge < -0.3 is 4.90 Å². The van der Waals surface area contributed by atoms with Crippen LogP contribution in [0.5, 0.6) is 0 Å². The minimum Gasteiger partial charge on any atom is -0.376 e. The molecule has 5 heteroatoms. The summed E-state index contributed by atoms with van der Waals surface area (Å²) in [5.41, 5.74) is 1.74. The molecule has 0 amide bonds. The number of nitrogens with zero attached hydrogens (tertiary/aromatic N) is 3. The van der Waals surface area contributed by atoms with Crippen LogP contribution in [0.3, 0.4) is 0 Å². The lowest BCUT2D eigenvalue weighted by molar-refractivity contribution is 0.637. The van der Waals surface area contributed by atoms with Gasteiger partial charge in [-0.3, -0.25) is 4.79 Å². The molecule has 0 N–H and O–H groups in total. The third kappa shape index (κ3) is 2.79. The quantitative estimate of drug-likeness (QED) is 0.872. The molecule has 0 atom stereocenters. The van der Waals surface area contributed by atoms with Crippen molar-refractivity contribution in [3.8, 4) is 0 Å². The molecule has 0 fully saturated rings. The molecule has 0 saturated carbocycles. The molecule has 4 nitrogen and oxygen atoms in total. The average molecular weight is 308 g/mol.